The molecular weight excluding hydrogens is 262 g/mol. The van der Waals surface area contributed by atoms with Crippen molar-refractivity contribution in [2.75, 3.05) is 4.90 Å². The number of hydrogen-bond acceptors (Lipinski definition) is 2. The van der Waals surface area contributed by atoms with Crippen molar-refractivity contribution >= 4 is 23.1 Å². The number of benzene rings is 2. The van der Waals surface area contributed by atoms with Gasteiger partial charge in [-0.15, -0.1) is 0 Å². The Balaban J connectivity index is 2.30. The van der Waals surface area contributed by atoms with E-state index < -0.39 is 5.41 Å². The van der Waals surface area contributed by atoms with Crippen molar-refractivity contribution in [2.24, 2.45) is 5.41 Å². The van der Waals surface area contributed by atoms with Gasteiger partial charge in [0.05, 0.1) is 11.4 Å². The quantitative estimate of drug-likeness (QED) is 0.743. The summed E-state index contributed by atoms with van der Waals surface area (Å²) in [6.45, 7) is 5.35. The summed E-state index contributed by atoms with van der Waals surface area (Å²) in [7, 11) is 0. The zero-order chi connectivity index (χ0) is 15.2. The summed E-state index contributed by atoms with van der Waals surface area (Å²) < 4.78 is 0. The molecule has 0 saturated carbocycles. The second-order valence-electron chi connectivity index (χ2n) is 5.90. The lowest BCUT2D eigenvalue weighted by Gasteiger charge is -2.37. The average molecular weight is 279 g/mol. The molecule has 0 atom stereocenters. The zero-order valence-electron chi connectivity index (χ0n) is 12.4. The zero-order valence-corrected chi connectivity index (χ0v) is 12.4. The molecule has 1 aliphatic heterocycles. The molecule has 1 aliphatic rings. The van der Waals surface area contributed by atoms with Crippen molar-refractivity contribution < 1.29 is 9.59 Å². The molecule has 106 valence electrons. The molecule has 0 fully saturated rings. The Kier molecular flexibility index (Phi) is 2.94. The Morgan fingerprint density at radius 1 is 0.857 bits per heavy atom. The summed E-state index contributed by atoms with van der Waals surface area (Å²) in [6, 6.07) is 15.0. The van der Waals surface area contributed by atoms with E-state index in [0.29, 0.717) is 11.3 Å². The molecule has 2 aromatic carbocycles. The summed E-state index contributed by atoms with van der Waals surface area (Å²) in [4.78, 5) is 27.1. The monoisotopic (exact) mass is 279 g/mol. The Morgan fingerprint density at radius 3 is 2.10 bits per heavy atom. The Hall–Kier alpha value is -2.42. The molecule has 21 heavy (non-hydrogen) atoms. The number of rotatable bonds is 1. The highest BCUT2D eigenvalue weighted by molar-refractivity contribution is 6.26. The minimum absolute atomic E-state index is 0.118. The van der Waals surface area contributed by atoms with Crippen LogP contribution >= 0.6 is 0 Å². The minimum Gasteiger partial charge on any atom is -0.293 e. The minimum atomic E-state index is -1.05. The van der Waals surface area contributed by atoms with Gasteiger partial charge in [-0.3, -0.25) is 14.5 Å². The third-order valence-corrected chi connectivity index (χ3v) is 4.05. The number of fused-ring (bicyclic) bond motifs is 1. The third-order valence-electron chi connectivity index (χ3n) is 4.05. The highest BCUT2D eigenvalue weighted by Gasteiger charge is 2.46. The summed E-state index contributed by atoms with van der Waals surface area (Å²) in [6.07, 6.45) is 0. The first kappa shape index (κ1) is 13.6. The van der Waals surface area contributed by atoms with E-state index in [0.717, 1.165) is 11.3 Å². The van der Waals surface area contributed by atoms with E-state index >= 15 is 0 Å². The maximum absolute atomic E-state index is 12.9. The van der Waals surface area contributed by atoms with Gasteiger partial charge in [-0.25, -0.2) is 0 Å². The predicted octanol–water partition coefficient (Wildman–Crippen LogP) is 3.88. The average Bonchev–Trinajstić information content (AvgIpc) is 2.48. The Labute approximate surface area is 124 Å². The molecule has 3 nitrogen and oxygen atoms in total. The van der Waals surface area contributed by atoms with Crippen LogP contribution in [0.25, 0.3) is 0 Å². The second kappa shape index (κ2) is 4.55. The van der Waals surface area contributed by atoms with Gasteiger partial charge in [0.25, 0.3) is 0 Å². The molecule has 3 rings (SSSR count). The topological polar surface area (TPSA) is 37.4 Å². The van der Waals surface area contributed by atoms with E-state index in [2.05, 4.69) is 0 Å². The first-order valence-electron chi connectivity index (χ1n) is 6.98. The van der Waals surface area contributed by atoms with Crippen LogP contribution < -0.4 is 4.90 Å². The van der Waals surface area contributed by atoms with Crippen LogP contribution in [0.3, 0.4) is 0 Å². The SMILES string of the molecule is Cc1ccccc1N1C(=O)C(C)(C)C(=O)c2ccccc21. The number of nitrogens with zero attached hydrogens (tertiary/aromatic N) is 1. The van der Waals surface area contributed by atoms with Crippen molar-refractivity contribution in [3.8, 4) is 0 Å². The lowest BCUT2D eigenvalue weighted by atomic mass is 9.78. The summed E-state index contributed by atoms with van der Waals surface area (Å²) in [5.74, 6) is -0.298. The maximum Gasteiger partial charge on any atom is 0.245 e. The van der Waals surface area contributed by atoms with E-state index in [4.69, 9.17) is 0 Å². The molecule has 0 saturated heterocycles. The maximum atomic E-state index is 12.9. The molecule has 2 aromatic rings. The lowest BCUT2D eigenvalue weighted by molar-refractivity contribution is -0.124. The van der Waals surface area contributed by atoms with Crippen molar-refractivity contribution in [1.29, 1.82) is 0 Å². The summed E-state index contributed by atoms with van der Waals surface area (Å²) in [5.41, 5.74) is 2.06. The molecule has 0 unspecified atom stereocenters. The highest BCUT2D eigenvalue weighted by Crippen LogP contribution is 2.42. The molecule has 0 radical (unpaired) electrons. The number of amides is 1. The van der Waals surface area contributed by atoms with Crippen LogP contribution in [0.4, 0.5) is 11.4 Å². The van der Waals surface area contributed by atoms with Crippen molar-refractivity contribution in [3.05, 3.63) is 59.7 Å². The van der Waals surface area contributed by atoms with Gasteiger partial charge in [-0.2, -0.15) is 0 Å². The molecule has 1 amide bonds. The van der Waals surface area contributed by atoms with Gasteiger partial charge in [0, 0.05) is 5.56 Å². The van der Waals surface area contributed by atoms with Gasteiger partial charge in [0.2, 0.25) is 5.91 Å². The number of carbonyl (C=O) groups excluding carboxylic acids is 2. The van der Waals surface area contributed by atoms with Crippen LogP contribution in [0.2, 0.25) is 0 Å². The van der Waals surface area contributed by atoms with Crippen LogP contribution in [0.5, 0.6) is 0 Å². The molecule has 3 heteroatoms. The van der Waals surface area contributed by atoms with Gasteiger partial charge < -0.3 is 0 Å². The van der Waals surface area contributed by atoms with Crippen LogP contribution in [-0.4, -0.2) is 11.7 Å². The number of carbonyl (C=O) groups is 2. The normalized spacial score (nSPS) is 16.8. The van der Waals surface area contributed by atoms with E-state index in [1.165, 1.54) is 0 Å². The lowest BCUT2D eigenvalue weighted by Crippen LogP contribution is -2.48. The Bertz CT molecular complexity index is 746. The van der Waals surface area contributed by atoms with E-state index in [-0.39, 0.29) is 11.7 Å². The molecule has 0 N–H and O–H groups in total. The molecular formula is C18H17NO2. The molecule has 0 aromatic heterocycles. The third kappa shape index (κ3) is 1.88. The van der Waals surface area contributed by atoms with Crippen LogP contribution in [0, 0.1) is 12.3 Å². The fourth-order valence-corrected chi connectivity index (χ4v) is 2.74. The van der Waals surface area contributed by atoms with Crippen LogP contribution in [-0.2, 0) is 4.79 Å². The second-order valence-corrected chi connectivity index (χ2v) is 5.90. The van der Waals surface area contributed by atoms with Gasteiger partial charge in [-0.05, 0) is 44.5 Å². The van der Waals surface area contributed by atoms with Crippen LogP contribution in [0.15, 0.2) is 48.5 Å². The fourth-order valence-electron chi connectivity index (χ4n) is 2.74. The van der Waals surface area contributed by atoms with Crippen molar-refractivity contribution in [2.45, 2.75) is 20.8 Å². The summed E-state index contributed by atoms with van der Waals surface area (Å²) in [5, 5.41) is 0. The molecule has 1 heterocycles. The van der Waals surface area contributed by atoms with Crippen LogP contribution in [0.1, 0.15) is 29.8 Å². The Morgan fingerprint density at radius 2 is 1.43 bits per heavy atom. The number of anilines is 2. The van der Waals surface area contributed by atoms with Gasteiger partial charge in [-0.1, -0.05) is 30.3 Å². The molecule has 0 bridgehead atoms. The number of Topliss-reactive ketones (excluding diaryl/α,β-unsaturated/α-hetero) is 1. The summed E-state index contributed by atoms with van der Waals surface area (Å²) >= 11 is 0. The van der Waals surface area contributed by atoms with E-state index in [1.54, 1.807) is 24.8 Å². The highest BCUT2D eigenvalue weighted by atomic mass is 16.2. The van der Waals surface area contributed by atoms with Gasteiger partial charge >= 0.3 is 0 Å². The van der Waals surface area contributed by atoms with Crippen molar-refractivity contribution in [1.82, 2.24) is 0 Å². The van der Waals surface area contributed by atoms with E-state index in [1.807, 2.05) is 49.4 Å². The van der Waals surface area contributed by atoms with Crippen molar-refractivity contribution in [3.63, 3.8) is 0 Å². The smallest absolute Gasteiger partial charge is 0.245 e. The predicted molar refractivity (Wildman–Crippen MR) is 82.9 cm³/mol. The number of hydrogen-bond donors (Lipinski definition) is 0. The first-order chi connectivity index (χ1) is 9.94. The molecule has 0 aliphatic carbocycles. The number of ketones is 1. The first-order valence-corrected chi connectivity index (χ1v) is 6.98. The fraction of sp³-hybridized carbons (Fsp3) is 0.222. The standard InChI is InChI=1S/C18H17NO2/c1-12-8-4-6-10-14(12)19-15-11-7-5-9-13(15)16(20)18(2,3)17(19)21/h4-11H,1-3H3. The van der Waals surface area contributed by atoms with Gasteiger partial charge in [0.15, 0.2) is 5.78 Å². The molecule has 0 spiro atoms. The number of para-hydroxylation sites is 2. The van der Waals surface area contributed by atoms with E-state index in [9.17, 15) is 9.59 Å². The van der Waals surface area contributed by atoms with Gasteiger partial charge in [0.1, 0.15) is 5.41 Å². The largest absolute Gasteiger partial charge is 0.293 e. The number of aryl methyl sites for hydroxylation is 1.